The number of allylic oxidation sites excluding steroid dienone is 1. The van der Waals surface area contributed by atoms with Crippen molar-refractivity contribution in [2.45, 2.75) is 88.0 Å². The lowest BCUT2D eigenvalue weighted by atomic mass is 9.70. The van der Waals surface area contributed by atoms with Gasteiger partial charge in [-0.1, -0.05) is 46.3 Å². The number of carbonyl (C=O) groups is 4. The van der Waals surface area contributed by atoms with Crippen LogP contribution in [0.5, 0.6) is 0 Å². The first-order chi connectivity index (χ1) is 21.5. The second kappa shape index (κ2) is 15.0. The number of rotatable bonds is 16. The molecular weight excluding hydrogens is 642 g/mol. The number of fused-ring (bicyclic) bond motifs is 1. The van der Waals surface area contributed by atoms with Gasteiger partial charge >= 0.3 is 5.97 Å². The zero-order chi connectivity index (χ0) is 32.9. The fourth-order valence-electron chi connectivity index (χ4n) is 7.19. The monoisotopic (exact) mass is 687 g/mol. The lowest BCUT2D eigenvalue weighted by Gasteiger charge is -2.38. The summed E-state index contributed by atoms with van der Waals surface area (Å²) in [6.45, 7) is 13.8. The molecule has 246 valence electrons. The van der Waals surface area contributed by atoms with Crippen molar-refractivity contribution in [1.82, 2.24) is 10.2 Å². The lowest BCUT2D eigenvalue weighted by Crippen LogP contribution is -2.57. The Kier molecular flexibility index (Phi) is 11.7. The molecule has 1 unspecified atom stereocenters. The van der Waals surface area contributed by atoms with Gasteiger partial charge in [0.05, 0.1) is 24.5 Å². The number of likely N-dealkylation sites (tertiary alicyclic amines) is 1. The smallest absolute Gasteiger partial charge is 0.312 e. The van der Waals surface area contributed by atoms with Crippen LogP contribution in [-0.2, 0) is 28.7 Å². The minimum atomic E-state index is -1.23. The fourth-order valence-corrected chi connectivity index (χ4v) is 8.13. The molecule has 11 heteroatoms. The maximum absolute atomic E-state index is 14.8. The van der Waals surface area contributed by atoms with Crippen molar-refractivity contribution < 1.29 is 33.8 Å². The second-order valence-electron chi connectivity index (χ2n) is 12.3. The van der Waals surface area contributed by atoms with E-state index in [-0.39, 0.29) is 48.8 Å². The van der Waals surface area contributed by atoms with Crippen molar-refractivity contribution in [3.63, 3.8) is 0 Å². The number of carbonyl (C=O) groups excluding carboxylic acids is 4. The third kappa shape index (κ3) is 6.90. The number of amides is 3. The number of hydrogen-bond acceptors (Lipinski definition) is 7. The fraction of sp³-hybridized carbons (Fsp3) is 0.588. The Morgan fingerprint density at radius 3 is 2.58 bits per heavy atom. The minimum absolute atomic E-state index is 0.0411. The highest BCUT2D eigenvalue weighted by molar-refractivity contribution is 9.09. The van der Waals surface area contributed by atoms with Crippen LogP contribution in [0.25, 0.3) is 0 Å². The zero-order valence-electron chi connectivity index (χ0n) is 26.5. The summed E-state index contributed by atoms with van der Waals surface area (Å²) >= 11 is 3.70. The molecule has 2 bridgehead atoms. The van der Waals surface area contributed by atoms with Crippen LogP contribution >= 0.6 is 15.9 Å². The van der Waals surface area contributed by atoms with Gasteiger partial charge < -0.3 is 29.7 Å². The van der Waals surface area contributed by atoms with Crippen LogP contribution in [0, 0.1) is 25.7 Å². The minimum Gasteiger partial charge on any atom is -0.460 e. The van der Waals surface area contributed by atoms with Gasteiger partial charge in [-0.05, 0) is 64.0 Å². The molecule has 0 aliphatic carbocycles. The van der Waals surface area contributed by atoms with Crippen LogP contribution in [0.15, 0.2) is 43.5 Å². The number of benzene rings is 1. The van der Waals surface area contributed by atoms with Gasteiger partial charge in [0.1, 0.15) is 17.7 Å². The van der Waals surface area contributed by atoms with Crippen molar-refractivity contribution in [3.8, 4) is 0 Å². The van der Waals surface area contributed by atoms with Gasteiger partial charge in [0.25, 0.3) is 5.91 Å². The highest BCUT2D eigenvalue weighted by atomic mass is 79.9. The van der Waals surface area contributed by atoms with Crippen LogP contribution in [0.2, 0.25) is 0 Å². The Labute approximate surface area is 274 Å². The van der Waals surface area contributed by atoms with Crippen LogP contribution in [0.4, 0.5) is 5.69 Å². The molecule has 0 saturated carbocycles. The second-order valence-corrected chi connectivity index (χ2v) is 13.5. The number of esters is 1. The summed E-state index contributed by atoms with van der Waals surface area (Å²) in [4.78, 5) is 58.0. The maximum Gasteiger partial charge on any atom is 0.312 e. The van der Waals surface area contributed by atoms with Crippen LogP contribution < -0.4 is 10.2 Å². The molecule has 3 aliphatic heterocycles. The summed E-state index contributed by atoms with van der Waals surface area (Å²) in [5.41, 5.74) is 1.37. The number of nitrogens with zero attached hydrogens (tertiary/aromatic N) is 2. The van der Waals surface area contributed by atoms with E-state index in [0.29, 0.717) is 38.5 Å². The number of unbranched alkanes of at least 4 members (excludes halogenated alkanes) is 2. The molecule has 0 aromatic heterocycles. The predicted molar refractivity (Wildman–Crippen MR) is 175 cm³/mol. The Morgan fingerprint density at radius 2 is 1.93 bits per heavy atom. The summed E-state index contributed by atoms with van der Waals surface area (Å²) in [5, 5.41) is 12.1. The van der Waals surface area contributed by atoms with Crippen molar-refractivity contribution in [2.75, 3.05) is 31.1 Å². The molecule has 3 saturated heterocycles. The van der Waals surface area contributed by atoms with Gasteiger partial charge in [-0.15, -0.1) is 13.2 Å². The third-order valence-electron chi connectivity index (χ3n) is 9.12. The predicted octanol–water partition coefficient (Wildman–Crippen LogP) is 3.75. The largest absolute Gasteiger partial charge is 0.460 e. The lowest BCUT2D eigenvalue weighted by molar-refractivity contribution is -0.159. The van der Waals surface area contributed by atoms with E-state index in [2.05, 4.69) is 34.4 Å². The average Bonchev–Trinajstić information content (AvgIpc) is 3.59. The summed E-state index contributed by atoms with van der Waals surface area (Å²) in [7, 11) is 0. The van der Waals surface area contributed by atoms with Gasteiger partial charge in [0.2, 0.25) is 11.8 Å². The number of nitrogens with one attached hydrogen (secondary N) is 1. The maximum atomic E-state index is 14.8. The number of aliphatic hydroxyl groups is 1. The van der Waals surface area contributed by atoms with Gasteiger partial charge in [-0.25, -0.2) is 0 Å². The van der Waals surface area contributed by atoms with E-state index in [4.69, 9.17) is 9.47 Å². The molecule has 2 N–H and O–H groups in total. The topological polar surface area (TPSA) is 125 Å². The summed E-state index contributed by atoms with van der Waals surface area (Å²) < 4.78 is 12.4. The summed E-state index contributed by atoms with van der Waals surface area (Å²) in [6, 6.07) is 4.86. The Balaban J connectivity index is 1.66. The molecule has 7 atom stereocenters. The molecule has 45 heavy (non-hydrogen) atoms. The molecule has 1 aromatic carbocycles. The van der Waals surface area contributed by atoms with Gasteiger partial charge in [-0.2, -0.15) is 0 Å². The highest BCUT2D eigenvalue weighted by Crippen LogP contribution is 2.60. The van der Waals surface area contributed by atoms with Crippen molar-refractivity contribution in [2.24, 2.45) is 11.8 Å². The van der Waals surface area contributed by atoms with E-state index in [0.717, 1.165) is 16.8 Å². The van der Waals surface area contributed by atoms with Crippen LogP contribution in [0.3, 0.4) is 0 Å². The Hall–Kier alpha value is -3.02. The first kappa shape index (κ1) is 34.8. The molecule has 3 amide bonds. The molecule has 3 heterocycles. The number of aryl methyl sites for hydroxylation is 2. The molecule has 1 aromatic rings. The first-order valence-corrected chi connectivity index (χ1v) is 16.7. The zero-order valence-corrected chi connectivity index (χ0v) is 28.1. The normalized spacial score (nSPS) is 27.2. The Bertz CT molecular complexity index is 1280. The molecule has 10 nitrogen and oxygen atoms in total. The third-order valence-corrected chi connectivity index (χ3v) is 9.96. The van der Waals surface area contributed by atoms with Gasteiger partial charge in [-0.3, -0.25) is 19.2 Å². The van der Waals surface area contributed by atoms with E-state index in [1.807, 2.05) is 32.0 Å². The highest BCUT2D eigenvalue weighted by Gasteiger charge is 2.77. The van der Waals surface area contributed by atoms with E-state index < -0.39 is 41.7 Å². The summed E-state index contributed by atoms with van der Waals surface area (Å²) in [5.74, 6) is -3.14. The summed E-state index contributed by atoms with van der Waals surface area (Å²) in [6.07, 6.45) is 5.11. The first-order valence-electron chi connectivity index (χ1n) is 15.8. The molecule has 1 spiro atoms. The van der Waals surface area contributed by atoms with Crippen molar-refractivity contribution in [1.29, 1.82) is 0 Å². The van der Waals surface area contributed by atoms with Gasteiger partial charge in [0.15, 0.2) is 0 Å². The number of alkyl halides is 1. The SMILES string of the molecule is C=CCCC(=O)NC[C@H](C)OC(=O)[C@H]1[C@@H]2O[C@@]3(CC2Br)[C@@H]1C(=O)N(CCCCCO)[C@@H]3C(=O)N(CC=C)c1c(C)cccc1C. The number of hydrogen-bond donors (Lipinski definition) is 2. The quantitative estimate of drug-likeness (QED) is 0.117. The number of ether oxygens (including phenoxy) is 2. The molecule has 3 aliphatic rings. The van der Waals surface area contributed by atoms with Crippen LogP contribution in [0.1, 0.15) is 56.6 Å². The number of aliphatic hydroxyl groups excluding tert-OH is 1. The number of para-hydroxylation sites is 1. The Morgan fingerprint density at radius 1 is 1.22 bits per heavy atom. The van der Waals surface area contributed by atoms with E-state index in [1.165, 1.54) is 0 Å². The molecule has 3 fully saturated rings. The number of halogens is 1. The van der Waals surface area contributed by atoms with Crippen molar-refractivity contribution >= 4 is 45.3 Å². The van der Waals surface area contributed by atoms with Gasteiger partial charge in [0, 0.05) is 36.6 Å². The molecule has 4 rings (SSSR count). The molecule has 0 radical (unpaired) electrons. The van der Waals surface area contributed by atoms with E-state index in [9.17, 15) is 24.3 Å². The van der Waals surface area contributed by atoms with E-state index >= 15 is 0 Å². The van der Waals surface area contributed by atoms with Crippen LogP contribution in [-0.4, -0.2) is 88.6 Å². The molecular formula is C34H46BrN3O7. The van der Waals surface area contributed by atoms with Crippen molar-refractivity contribution in [3.05, 3.63) is 54.6 Å². The standard InChI is InChI=1S/C34H46BrN3O7/c1-6-8-15-25(40)36-20-23(5)44-33(43)26-27-31(41)38(17-10-9-11-18-39)30(34(27)19-24(35)29(26)45-34)32(42)37(16-7-2)28-21(3)13-12-14-22(28)4/h6-7,12-14,23-24,26-27,29-30,39H,1-2,8-11,15-20H2,3-5H3,(H,36,40)/t23-,24?,26+,27-,29+,30+,34-/m0/s1. The average molecular weight is 689 g/mol. The van der Waals surface area contributed by atoms with E-state index in [1.54, 1.807) is 28.9 Å². The number of anilines is 1.